The van der Waals surface area contributed by atoms with Crippen LogP contribution in [0, 0.1) is 6.92 Å². The Kier molecular flexibility index (Phi) is 9.06. The standard InChI is InChI=1S/C30H38N2O4/c1-22-9-7-8-10-24(22)20-32(25-11-5-4-6-12-25)21-26-14-16-28(36-26)30(33)31-18-17-23-13-15-27(34-2)29(19-23)35-3/h7-10,13-16,19,25H,4-6,11-12,17-18,20-21H2,1-3H3,(H,31,33). The van der Waals surface area contributed by atoms with Crippen LogP contribution in [-0.2, 0) is 19.5 Å². The van der Waals surface area contributed by atoms with Crippen LogP contribution in [0.2, 0.25) is 0 Å². The van der Waals surface area contributed by atoms with E-state index in [4.69, 9.17) is 13.9 Å². The second-order valence-electron chi connectivity index (χ2n) is 9.58. The van der Waals surface area contributed by atoms with Crippen LogP contribution in [0.3, 0.4) is 0 Å². The first-order valence-corrected chi connectivity index (χ1v) is 12.9. The lowest BCUT2D eigenvalue weighted by Crippen LogP contribution is -2.36. The summed E-state index contributed by atoms with van der Waals surface area (Å²) in [6, 6.07) is 18.6. The molecule has 192 valence electrons. The smallest absolute Gasteiger partial charge is 0.287 e. The highest BCUT2D eigenvalue weighted by Gasteiger charge is 2.23. The molecule has 1 fully saturated rings. The second kappa shape index (κ2) is 12.6. The minimum absolute atomic E-state index is 0.190. The fourth-order valence-electron chi connectivity index (χ4n) is 5.00. The van der Waals surface area contributed by atoms with Crippen molar-refractivity contribution in [2.45, 2.75) is 64.6 Å². The maximum Gasteiger partial charge on any atom is 0.287 e. The normalized spacial score (nSPS) is 14.1. The molecule has 6 nitrogen and oxygen atoms in total. The van der Waals surface area contributed by atoms with Gasteiger partial charge in [-0.25, -0.2) is 0 Å². The van der Waals surface area contributed by atoms with E-state index in [2.05, 4.69) is 41.4 Å². The molecule has 0 bridgehead atoms. The molecule has 36 heavy (non-hydrogen) atoms. The zero-order valence-corrected chi connectivity index (χ0v) is 21.7. The summed E-state index contributed by atoms with van der Waals surface area (Å²) in [6.07, 6.45) is 7.00. The summed E-state index contributed by atoms with van der Waals surface area (Å²) in [4.78, 5) is 15.3. The van der Waals surface area contributed by atoms with Crippen LogP contribution >= 0.6 is 0 Å². The van der Waals surface area contributed by atoms with Gasteiger partial charge in [0.2, 0.25) is 0 Å². The number of nitrogens with one attached hydrogen (secondary N) is 1. The summed E-state index contributed by atoms with van der Waals surface area (Å²) in [5.74, 6) is 2.38. The molecule has 1 aromatic heterocycles. The number of hydrogen-bond acceptors (Lipinski definition) is 5. The highest BCUT2D eigenvalue weighted by molar-refractivity contribution is 5.91. The first-order chi connectivity index (χ1) is 17.6. The molecule has 1 saturated carbocycles. The summed E-state index contributed by atoms with van der Waals surface area (Å²) in [5.41, 5.74) is 3.72. The van der Waals surface area contributed by atoms with Gasteiger partial charge in [-0.2, -0.15) is 0 Å². The topological polar surface area (TPSA) is 63.9 Å². The number of amides is 1. The van der Waals surface area contributed by atoms with Crippen LogP contribution in [0.4, 0.5) is 0 Å². The fourth-order valence-corrected chi connectivity index (χ4v) is 5.00. The number of hydrogen-bond donors (Lipinski definition) is 1. The molecule has 1 N–H and O–H groups in total. The molecule has 0 atom stereocenters. The minimum atomic E-state index is -0.190. The highest BCUT2D eigenvalue weighted by atomic mass is 16.5. The Morgan fingerprint density at radius 1 is 0.972 bits per heavy atom. The molecule has 0 saturated heterocycles. The SMILES string of the molecule is COc1ccc(CCNC(=O)c2ccc(CN(Cc3ccccc3C)C3CCCCC3)o2)cc1OC. The Labute approximate surface area is 214 Å². The molecule has 0 radical (unpaired) electrons. The summed E-state index contributed by atoms with van der Waals surface area (Å²) >= 11 is 0. The van der Waals surface area contributed by atoms with Crippen molar-refractivity contribution in [3.05, 3.63) is 82.8 Å². The van der Waals surface area contributed by atoms with Crippen molar-refractivity contribution in [1.82, 2.24) is 10.2 Å². The van der Waals surface area contributed by atoms with Crippen molar-refractivity contribution in [2.24, 2.45) is 0 Å². The maximum atomic E-state index is 12.7. The molecule has 4 rings (SSSR count). The quantitative estimate of drug-likeness (QED) is 0.362. The van der Waals surface area contributed by atoms with Gasteiger partial charge < -0.3 is 19.2 Å². The molecule has 0 spiro atoms. The zero-order chi connectivity index (χ0) is 25.3. The van der Waals surface area contributed by atoms with Gasteiger partial charge in [-0.05, 0) is 67.1 Å². The van der Waals surface area contributed by atoms with E-state index in [9.17, 15) is 4.79 Å². The van der Waals surface area contributed by atoms with E-state index < -0.39 is 0 Å². The van der Waals surface area contributed by atoms with E-state index in [0.29, 0.717) is 42.8 Å². The van der Waals surface area contributed by atoms with Crippen LogP contribution in [0.25, 0.3) is 0 Å². The van der Waals surface area contributed by atoms with Crippen molar-refractivity contribution in [1.29, 1.82) is 0 Å². The lowest BCUT2D eigenvalue weighted by molar-refractivity contribution is 0.0916. The van der Waals surface area contributed by atoms with Crippen LogP contribution in [0.5, 0.6) is 11.5 Å². The van der Waals surface area contributed by atoms with Gasteiger partial charge in [0.25, 0.3) is 5.91 Å². The average molecular weight is 491 g/mol. The Morgan fingerprint density at radius 2 is 1.75 bits per heavy atom. The van der Waals surface area contributed by atoms with Crippen LogP contribution in [-0.4, -0.2) is 37.6 Å². The molecular weight excluding hydrogens is 452 g/mol. The molecule has 1 heterocycles. The Bertz CT molecular complexity index is 1130. The van der Waals surface area contributed by atoms with Crippen molar-refractivity contribution in [2.75, 3.05) is 20.8 Å². The number of carbonyl (C=O) groups is 1. The molecule has 0 unspecified atom stereocenters. The third-order valence-corrected chi connectivity index (χ3v) is 7.12. The average Bonchev–Trinajstić information content (AvgIpc) is 3.38. The van der Waals surface area contributed by atoms with E-state index >= 15 is 0 Å². The molecule has 3 aromatic rings. The van der Waals surface area contributed by atoms with E-state index in [1.165, 1.54) is 43.2 Å². The molecule has 6 heteroatoms. The largest absolute Gasteiger partial charge is 0.493 e. The van der Waals surface area contributed by atoms with Crippen molar-refractivity contribution >= 4 is 5.91 Å². The van der Waals surface area contributed by atoms with E-state index in [0.717, 1.165) is 17.9 Å². The number of ether oxygens (including phenoxy) is 2. The number of aryl methyl sites for hydroxylation is 1. The molecule has 0 aliphatic heterocycles. The van der Waals surface area contributed by atoms with Crippen molar-refractivity contribution in [3.8, 4) is 11.5 Å². The summed E-state index contributed by atoms with van der Waals surface area (Å²) in [7, 11) is 3.24. The number of benzene rings is 2. The van der Waals surface area contributed by atoms with Gasteiger partial charge in [-0.15, -0.1) is 0 Å². The predicted octanol–water partition coefficient (Wildman–Crippen LogP) is 5.91. The van der Waals surface area contributed by atoms with Gasteiger partial charge >= 0.3 is 0 Å². The molecule has 1 aliphatic rings. The first kappa shape index (κ1) is 25.8. The minimum Gasteiger partial charge on any atom is -0.493 e. The van der Waals surface area contributed by atoms with E-state index in [-0.39, 0.29) is 5.91 Å². The number of furan rings is 1. The fraction of sp³-hybridized carbons (Fsp3) is 0.433. The van der Waals surface area contributed by atoms with Crippen molar-refractivity contribution in [3.63, 3.8) is 0 Å². The number of carbonyl (C=O) groups excluding carboxylic acids is 1. The Hall–Kier alpha value is -3.25. The molecule has 1 aliphatic carbocycles. The van der Waals surface area contributed by atoms with Gasteiger partial charge in [0.1, 0.15) is 5.76 Å². The highest BCUT2D eigenvalue weighted by Crippen LogP contribution is 2.28. The lowest BCUT2D eigenvalue weighted by Gasteiger charge is -2.34. The van der Waals surface area contributed by atoms with E-state index in [1.54, 1.807) is 20.3 Å². The monoisotopic (exact) mass is 490 g/mol. The maximum absolute atomic E-state index is 12.7. The van der Waals surface area contributed by atoms with Gasteiger partial charge in [-0.3, -0.25) is 9.69 Å². The first-order valence-electron chi connectivity index (χ1n) is 12.9. The second-order valence-corrected chi connectivity index (χ2v) is 9.58. The lowest BCUT2D eigenvalue weighted by atomic mass is 9.93. The number of methoxy groups -OCH3 is 2. The Morgan fingerprint density at radius 3 is 2.50 bits per heavy atom. The number of rotatable bonds is 11. The van der Waals surface area contributed by atoms with Gasteiger partial charge in [0, 0.05) is 19.1 Å². The summed E-state index contributed by atoms with van der Waals surface area (Å²) in [6.45, 7) is 4.28. The predicted molar refractivity (Wildman–Crippen MR) is 142 cm³/mol. The number of nitrogens with zero attached hydrogens (tertiary/aromatic N) is 1. The van der Waals surface area contributed by atoms with Crippen LogP contribution in [0.15, 0.2) is 59.0 Å². The molecule has 2 aromatic carbocycles. The zero-order valence-electron chi connectivity index (χ0n) is 21.7. The summed E-state index contributed by atoms with van der Waals surface area (Å²) in [5, 5.41) is 2.97. The third kappa shape index (κ3) is 6.70. The van der Waals surface area contributed by atoms with Crippen LogP contribution < -0.4 is 14.8 Å². The van der Waals surface area contributed by atoms with Gasteiger partial charge in [-0.1, -0.05) is 49.6 Å². The summed E-state index contributed by atoms with van der Waals surface area (Å²) < 4.78 is 16.7. The van der Waals surface area contributed by atoms with Gasteiger partial charge in [0.15, 0.2) is 17.3 Å². The molecule has 1 amide bonds. The van der Waals surface area contributed by atoms with Crippen molar-refractivity contribution < 1.29 is 18.7 Å². The Balaban J connectivity index is 1.35. The van der Waals surface area contributed by atoms with E-state index in [1.807, 2.05) is 24.3 Å². The van der Waals surface area contributed by atoms with Crippen LogP contribution in [0.1, 0.15) is 65.1 Å². The van der Waals surface area contributed by atoms with Gasteiger partial charge in [0.05, 0.1) is 20.8 Å². The molecular formula is C30H38N2O4. The third-order valence-electron chi connectivity index (χ3n) is 7.12.